The minimum Gasteiger partial charge on any atom is -0.494 e. The van der Waals surface area contributed by atoms with E-state index in [0.29, 0.717) is 30.2 Å². The van der Waals surface area contributed by atoms with Crippen molar-refractivity contribution in [1.82, 2.24) is 4.98 Å². The van der Waals surface area contributed by atoms with Crippen molar-refractivity contribution in [2.24, 2.45) is 0 Å². The van der Waals surface area contributed by atoms with E-state index in [1.165, 1.54) is 25.3 Å². The number of carboxylic acids is 1. The Balaban J connectivity index is 1.64. The Morgan fingerprint density at radius 1 is 1.03 bits per heavy atom. The first kappa shape index (κ1) is 25.2. The van der Waals surface area contributed by atoms with Gasteiger partial charge in [0, 0.05) is 25.2 Å². The van der Waals surface area contributed by atoms with Crippen LogP contribution in [0.3, 0.4) is 0 Å². The van der Waals surface area contributed by atoms with Crippen molar-refractivity contribution < 1.29 is 32.2 Å². The summed E-state index contributed by atoms with van der Waals surface area (Å²) < 4.78 is 61.4. The zero-order valence-electron chi connectivity index (χ0n) is 19.0. The smallest absolute Gasteiger partial charge is 0.328 e. The fourth-order valence-electron chi connectivity index (χ4n) is 3.60. The van der Waals surface area contributed by atoms with E-state index in [-0.39, 0.29) is 27.6 Å². The summed E-state index contributed by atoms with van der Waals surface area (Å²) in [6.45, 7) is 0.602. The third-order valence-corrected chi connectivity index (χ3v) is 6.56. The molecule has 186 valence electrons. The molecule has 0 aliphatic rings. The third kappa shape index (κ3) is 5.65. The molecule has 0 spiro atoms. The highest BCUT2D eigenvalue weighted by molar-refractivity contribution is 7.22. The molecule has 0 atom stereocenters. The van der Waals surface area contributed by atoms with Gasteiger partial charge in [-0.3, -0.25) is 0 Å². The van der Waals surface area contributed by atoms with Crippen molar-refractivity contribution in [1.29, 1.82) is 0 Å². The number of carbonyl (C=O) groups is 1. The molecule has 0 radical (unpaired) electrons. The summed E-state index contributed by atoms with van der Waals surface area (Å²) in [6.07, 6.45) is 2.87. The van der Waals surface area contributed by atoms with E-state index in [9.17, 15) is 22.4 Å². The van der Waals surface area contributed by atoms with Gasteiger partial charge in [0.05, 0.1) is 11.8 Å². The summed E-state index contributed by atoms with van der Waals surface area (Å²) in [7, 11) is 1.37. The number of aliphatic carboxylic acids is 1. The molecule has 0 bridgehead atoms. The van der Waals surface area contributed by atoms with Crippen molar-refractivity contribution in [3.63, 3.8) is 0 Å². The van der Waals surface area contributed by atoms with Crippen LogP contribution in [0.1, 0.15) is 16.7 Å². The van der Waals surface area contributed by atoms with Gasteiger partial charge in [-0.05, 0) is 41.3 Å². The Kier molecular flexibility index (Phi) is 7.54. The molecule has 1 aromatic heterocycles. The average molecular weight is 517 g/mol. The Morgan fingerprint density at radius 3 is 2.42 bits per heavy atom. The number of benzene rings is 3. The number of methoxy groups -OCH3 is 1. The Morgan fingerprint density at radius 2 is 1.75 bits per heavy atom. The lowest BCUT2D eigenvalue weighted by Crippen LogP contribution is -2.25. The minimum absolute atomic E-state index is 0.0986. The van der Waals surface area contributed by atoms with E-state index < -0.39 is 29.2 Å². The molecule has 4 rings (SSSR count). The largest absolute Gasteiger partial charge is 0.494 e. The average Bonchev–Trinajstić information content (AvgIpc) is 3.31. The highest BCUT2D eigenvalue weighted by Gasteiger charge is 2.21. The maximum absolute atomic E-state index is 14.3. The van der Waals surface area contributed by atoms with E-state index in [1.54, 1.807) is 35.2 Å². The Labute approximate surface area is 207 Å². The number of rotatable bonds is 9. The van der Waals surface area contributed by atoms with Gasteiger partial charge in [-0.2, -0.15) is 0 Å². The van der Waals surface area contributed by atoms with Crippen LogP contribution in [-0.4, -0.2) is 29.7 Å². The second-order valence-electron chi connectivity index (χ2n) is 7.88. The van der Waals surface area contributed by atoms with Crippen LogP contribution in [0.2, 0.25) is 0 Å². The van der Waals surface area contributed by atoms with Crippen molar-refractivity contribution >= 4 is 38.7 Å². The van der Waals surface area contributed by atoms with Crippen LogP contribution >= 0.6 is 11.3 Å². The fraction of sp³-hybridized carbons (Fsp3) is 0.154. The normalized spacial score (nSPS) is 11.4. The van der Waals surface area contributed by atoms with Crippen LogP contribution in [0.15, 0.2) is 54.6 Å². The lowest BCUT2D eigenvalue weighted by molar-refractivity contribution is -0.131. The van der Waals surface area contributed by atoms with Crippen molar-refractivity contribution in [3.05, 3.63) is 94.6 Å². The molecule has 0 saturated carbocycles. The van der Waals surface area contributed by atoms with Gasteiger partial charge < -0.3 is 14.7 Å². The number of carboxylic acid groups (broad SMARTS) is 1. The van der Waals surface area contributed by atoms with E-state index in [2.05, 4.69) is 4.98 Å². The molecule has 3 aromatic carbocycles. The van der Waals surface area contributed by atoms with Crippen LogP contribution in [0, 0.1) is 23.3 Å². The minimum atomic E-state index is -1.32. The summed E-state index contributed by atoms with van der Waals surface area (Å²) in [4.78, 5) is 16.7. The molecule has 0 aliphatic carbocycles. The molecule has 1 N–H and O–H groups in total. The number of ether oxygens (including phenoxy) is 1. The molecule has 5 nitrogen and oxygen atoms in total. The molecule has 4 aromatic rings. The maximum atomic E-state index is 14.3. The van der Waals surface area contributed by atoms with Crippen LogP contribution in [0.5, 0.6) is 5.75 Å². The molecule has 36 heavy (non-hydrogen) atoms. The van der Waals surface area contributed by atoms with Gasteiger partial charge in [0.2, 0.25) is 0 Å². The van der Waals surface area contributed by atoms with Crippen LogP contribution in [0.25, 0.3) is 16.3 Å². The summed E-state index contributed by atoms with van der Waals surface area (Å²) in [5.74, 6) is -4.90. The van der Waals surface area contributed by atoms with Crippen molar-refractivity contribution in [3.8, 4) is 5.75 Å². The summed E-state index contributed by atoms with van der Waals surface area (Å²) in [6, 6.07) is 12.1. The molecule has 0 unspecified atom stereocenters. The number of halogens is 4. The topological polar surface area (TPSA) is 62.7 Å². The highest BCUT2D eigenvalue weighted by Crippen LogP contribution is 2.34. The third-order valence-electron chi connectivity index (χ3n) is 5.43. The van der Waals surface area contributed by atoms with Gasteiger partial charge in [-0.25, -0.2) is 27.3 Å². The number of anilines is 1. The number of fused-ring (bicyclic) bond motifs is 1. The molecular formula is C26H20F4N2O3S. The first-order valence-electron chi connectivity index (χ1n) is 10.8. The second kappa shape index (κ2) is 10.8. The number of hydrogen-bond donors (Lipinski definition) is 1. The van der Waals surface area contributed by atoms with Crippen LogP contribution in [0.4, 0.5) is 22.7 Å². The molecular weight excluding hydrogens is 496 g/mol. The summed E-state index contributed by atoms with van der Waals surface area (Å²) in [5, 5.41) is 9.06. The standard InChI is InChI=1S/C26H20F4N2O3S/c1-35-21-8-6-16(12-18(21)27)10-11-32(14-17-4-2-15(3-5-17)7-9-22(33)34)26-31-24-23(30)19(28)13-20(29)25(24)36-26/h2-9,12-13H,10-11,14H2,1H3,(H,33,34)/b9-7+. The van der Waals surface area contributed by atoms with E-state index in [0.717, 1.165) is 23.0 Å². The van der Waals surface area contributed by atoms with E-state index >= 15 is 0 Å². The highest BCUT2D eigenvalue weighted by atomic mass is 32.1. The molecule has 10 heteroatoms. The first-order chi connectivity index (χ1) is 17.2. The molecule has 0 saturated heterocycles. The van der Waals surface area contributed by atoms with Gasteiger partial charge in [-0.1, -0.05) is 41.7 Å². The Hall–Kier alpha value is -3.92. The quantitative estimate of drug-likeness (QED) is 0.163. The lowest BCUT2D eigenvalue weighted by Gasteiger charge is -2.22. The summed E-state index contributed by atoms with van der Waals surface area (Å²) in [5.41, 5.74) is 1.79. The zero-order chi connectivity index (χ0) is 25.8. The van der Waals surface area contributed by atoms with Crippen LogP contribution in [-0.2, 0) is 17.8 Å². The maximum Gasteiger partial charge on any atom is 0.328 e. The summed E-state index contributed by atoms with van der Waals surface area (Å²) >= 11 is 0.896. The lowest BCUT2D eigenvalue weighted by atomic mass is 10.1. The molecule has 0 aliphatic heterocycles. The number of hydrogen-bond acceptors (Lipinski definition) is 5. The van der Waals surface area contributed by atoms with Gasteiger partial charge in [0.25, 0.3) is 0 Å². The first-order valence-corrected chi connectivity index (χ1v) is 11.6. The second-order valence-corrected chi connectivity index (χ2v) is 8.86. The van der Waals surface area contributed by atoms with Crippen LogP contribution < -0.4 is 9.64 Å². The Bertz CT molecular complexity index is 1440. The predicted molar refractivity (Wildman–Crippen MR) is 130 cm³/mol. The fourth-order valence-corrected chi connectivity index (χ4v) is 4.59. The zero-order valence-corrected chi connectivity index (χ0v) is 19.8. The van der Waals surface area contributed by atoms with E-state index in [1.807, 2.05) is 0 Å². The van der Waals surface area contributed by atoms with Crippen molar-refractivity contribution in [2.45, 2.75) is 13.0 Å². The SMILES string of the molecule is COc1ccc(CCN(Cc2ccc(/C=C/C(=O)O)cc2)c2nc3c(F)c(F)cc(F)c3s2)cc1F. The number of nitrogens with zero attached hydrogens (tertiary/aromatic N) is 2. The van der Waals surface area contributed by atoms with Gasteiger partial charge in [0.15, 0.2) is 28.3 Å². The molecule has 0 fully saturated rings. The molecule has 1 heterocycles. The van der Waals surface area contributed by atoms with Gasteiger partial charge >= 0.3 is 5.97 Å². The predicted octanol–water partition coefficient (Wildman–Crippen LogP) is 6.21. The molecule has 0 amide bonds. The van der Waals surface area contributed by atoms with Crippen molar-refractivity contribution in [2.75, 3.05) is 18.6 Å². The van der Waals surface area contributed by atoms with Gasteiger partial charge in [-0.15, -0.1) is 0 Å². The van der Waals surface area contributed by atoms with E-state index in [4.69, 9.17) is 9.84 Å². The monoisotopic (exact) mass is 516 g/mol. The number of aromatic nitrogens is 1. The number of thiazole rings is 1. The van der Waals surface area contributed by atoms with Gasteiger partial charge in [0.1, 0.15) is 11.3 Å².